The van der Waals surface area contributed by atoms with Gasteiger partial charge >= 0.3 is 0 Å². The summed E-state index contributed by atoms with van der Waals surface area (Å²) >= 11 is 0. The van der Waals surface area contributed by atoms with Crippen molar-refractivity contribution in [2.45, 2.75) is 13.8 Å². The summed E-state index contributed by atoms with van der Waals surface area (Å²) in [6.45, 7) is 6.76. The Hall–Kier alpha value is -4.25. The molecule has 0 aliphatic carbocycles. The van der Waals surface area contributed by atoms with E-state index in [-0.39, 0.29) is 40.5 Å². The van der Waals surface area contributed by atoms with Crippen molar-refractivity contribution in [3.05, 3.63) is 81.1 Å². The Balaban J connectivity index is 2.08. The molecule has 0 spiro atoms. The number of benzene rings is 1. The molecule has 0 atom stereocenters. The minimum absolute atomic E-state index is 0.0353. The zero-order valence-electron chi connectivity index (χ0n) is 16.3. The van der Waals surface area contributed by atoms with Gasteiger partial charge < -0.3 is 4.42 Å². The van der Waals surface area contributed by atoms with Crippen molar-refractivity contribution in [2.24, 2.45) is 0 Å². The number of aryl methyl sites for hydroxylation is 1. The first-order chi connectivity index (χ1) is 14.3. The van der Waals surface area contributed by atoms with Crippen LogP contribution in [0.5, 0.6) is 0 Å². The lowest BCUT2D eigenvalue weighted by Crippen LogP contribution is -2.42. The largest absolute Gasteiger partial charge is 0.456 e. The Morgan fingerprint density at radius 3 is 2.60 bits per heavy atom. The molecule has 30 heavy (non-hydrogen) atoms. The highest BCUT2D eigenvalue weighted by Gasteiger charge is 2.35. The maximum Gasteiger partial charge on any atom is 0.280 e. The van der Waals surface area contributed by atoms with Gasteiger partial charge in [0.1, 0.15) is 23.2 Å². The highest BCUT2D eigenvalue weighted by Crippen LogP contribution is 2.33. The normalized spacial score (nSPS) is 15.5. The molecule has 150 valence electrons. The number of furan rings is 1. The van der Waals surface area contributed by atoms with E-state index in [1.807, 2.05) is 6.07 Å². The van der Waals surface area contributed by atoms with Crippen molar-refractivity contribution in [3.8, 4) is 17.4 Å². The third kappa shape index (κ3) is 3.56. The molecule has 0 radical (unpaired) electrons. The van der Waals surface area contributed by atoms with Gasteiger partial charge in [-0.1, -0.05) is 12.1 Å². The number of nitriles is 1. The SMILES string of the molecule is C=CCN1C(=O)C(C#N)=C(C)/C(=C\c2ccc(-c3ccc(C)cc3[N+](=O)[O-])o2)C1=O. The van der Waals surface area contributed by atoms with Crippen LogP contribution in [0.1, 0.15) is 18.2 Å². The van der Waals surface area contributed by atoms with Gasteiger partial charge in [-0.2, -0.15) is 5.26 Å². The molecule has 1 aliphatic heterocycles. The Morgan fingerprint density at radius 1 is 1.23 bits per heavy atom. The lowest BCUT2D eigenvalue weighted by atomic mass is 9.94. The number of hydrogen-bond acceptors (Lipinski definition) is 6. The van der Waals surface area contributed by atoms with Crippen molar-refractivity contribution in [1.82, 2.24) is 4.90 Å². The summed E-state index contributed by atoms with van der Waals surface area (Å²) in [7, 11) is 0. The number of nitrogens with zero attached hydrogens (tertiary/aromatic N) is 3. The summed E-state index contributed by atoms with van der Waals surface area (Å²) in [5.41, 5.74) is 1.19. The Labute approximate surface area is 172 Å². The monoisotopic (exact) mass is 403 g/mol. The molecule has 2 amide bonds. The molecule has 2 aromatic rings. The molecule has 0 N–H and O–H groups in total. The Kier molecular flexibility index (Phi) is 5.47. The number of rotatable bonds is 5. The molecule has 8 nitrogen and oxygen atoms in total. The first kappa shape index (κ1) is 20.5. The number of nitro benzene ring substituents is 1. The van der Waals surface area contributed by atoms with Gasteiger partial charge in [-0.25, -0.2) is 0 Å². The summed E-state index contributed by atoms with van der Waals surface area (Å²) in [4.78, 5) is 36.9. The van der Waals surface area contributed by atoms with Gasteiger partial charge in [0, 0.05) is 18.2 Å². The predicted molar refractivity (Wildman–Crippen MR) is 109 cm³/mol. The van der Waals surface area contributed by atoms with Crippen LogP contribution in [0.25, 0.3) is 17.4 Å². The molecule has 0 fully saturated rings. The van der Waals surface area contributed by atoms with Gasteiger partial charge in [-0.05, 0) is 49.3 Å². The number of hydrogen-bond donors (Lipinski definition) is 0. The molecular weight excluding hydrogens is 386 g/mol. The van der Waals surface area contributed by atoms with E-state index in [2.05, 4.69) is 6.58 Å². The molecule has 1 aromatic heterocycles. The lowest BCUT2D eigenvalue weighted by molar-refractivity contribution is -0.384. The fourth-order valence-electron chi connectivity index (χ4n) is 3.14. The standard InChI is InChI=1S/C22H17N3O5/c1-4-9-24-21(26)17(14(3)18(12-23)22(24)27)11-15-6-8-20(30-15)16-7-5-13(2)10-19(16)25(28)29/h4-8,10-11H,1,9H2,2-3H3/b17-11+. The van der Waals surface area contributed by atoms with Gasteiger partial charge in [0.2, 0.25) is 0 Å². The fourth-order valence-corrected chi connectivity index (χ4v) is 3.14. The molecule has 3 rings (SSSR count). The van der Waals surface area contributed by atoms with E-state index in [4.69, 9.17) is 4.42 Å². The maximum absolute atomic E-state index is 12.8. The first-order valence-electron chi connectivity index (χ1n) is 8.93. The molecule has 0 saturated heterocycles. The molecule has 2 heterocycles. The summed E-state index contributed by atoms with van der Waals surface area (Å²) in [6, 6.07) is 9.75. The van der Waals surface area contributed by atoms with Gasteiger partial charge in [-0.15, -0.1) is 6.58 Å². The van der Waals surface area contributed by atoms with E-state index in [1.54, 1.807) is 31.2 Å². The third-order valence-electron chi connectivity index (χ3n) is 4.67. The van der Waals surface area contributed by atoms with Gasteiger partial charge in [0.05, 0.1) is 10.5 Å². The van der Waals surface area contributed by atoms with Crippen molar-refractivity contribution in [3.63, 3.8) is 0 Å². The zero-order chi connectivity index (χ0) is 22.0. The number of amides is 2. The van der Waals surface area contributed by atoms with E-state index in [0.717, 1.165) is 10.5 Å². The van der Waals surface area contributed by atoms with Crippen LogP contribution in [0.3, 0.4) is 0 Å². The van der Waals surface area contributed by atoms with E-state index < -0.39 is 16.7 Å². The van der Waals surface area contributed by atoms with Gasteiger partial charge in [0.25, 0.3) is 17.5 Å². The van der Waals surface area contributed by atoms with E-state index in [0.29, 0.717) is 5.56 Å². The maximum atomic E-state index is 12.8. The highest BCUT2D eigenvalue weighted by atomic mass is 16.6. The van der Waals surface area contributed by atoms with Gasteiger partial charge in [0.15, 0.2) is 0 Å². The van der Waals surface area contributed by atoms with Crippen LogP contribution in [0.2, 0.25) is 0 Å². The quantitative estimate of drug-likeness (QED) is 0.245. The zero-order valence-corrected chi connectivity index (χ0v) is 16.3. The second kappa shape index (κ2) is 8.01. The van der Waals surface area contributed by atoms with Crippen molar-refractivity contribution >= 4 is 23.6 Å². The minimum atomic E-state index is -0.674. The highest BCUT2D eigenvalue weighted by molar-refractivity contribution is 6.19. The molecule has 1 aromatic carbocycles. The summed E-state index contributed by atoms with van der Waals surface area (Å²) in [5.74, 6) is -0.728. The summed E-state index contributed by atoms with van der Waals surface area (Å²) in [6.07, 6.45) is 2.81. The second-order valence-corrected chi connectivity index (χ2v) is 6.66. The Morgan fingerprint density at radius 2 is 1.97 bits per heavy atom. The van der Waals surface area contributed by atoms with Crippen LogP contribution in [0, 0.1) is 28.4 Å². The van der Waals surface area contributed by atoms with Crippen molar-refractivity contribution in [2.75, 3.05) is 6.54 Å². The van der Waals surface area contributed by atoms with Crippen LogP contribution in [-0.2, 0) is 9.59 Å². The van der Waals surface area contributed by atoms with Crippen LogP contribution in [0.15, 0.2) is 64.1 Å². The molecule has 0 bridgehead atoms. The van der Waals surface area contributed by atoms with Crippen LogP contribution in [0.4, 0.5) is 5.69 Å². The summed E-state index contributed by atoms with van der Waals surface area (Å²) in [5, 5.41) is 20.7. The average molecular weight is 403 g/mol. The van der Waals surface area contributed by atoms with Crippen LogP contribution in [-0.4, -0.2) is 28.2 Å². The smallest absolute Gasteiger partial charge is 0.280 e. The molecule has 0 saturated carbocycles. The van der Waals surface area contributed by atoms with Crippen LogP contribution < -0.4 is 0 Å². The molecule has 8 heteroatoms. The number of imide groups is 1. The first-order valence-corrected chi connectivity index (χ1v) is 8.93. The van der Waals surface area contributed by atoms with Gasteiger partial charge in [-0.3, -0.25) is 24.6 Å². The Bertz CT molecular complexity index is 1190. The third-order valence-corrected chi connectivity index (χ3v) is 4.67. The molecular formula is C22H17N3O5. The van der Waals surface area contributed by atoms with Crippen LogP contribution >= 0.6 is 0 Å². The predicted octanol–water partition coefficient (Wildman–Crippen LogP) is 3.94. The second-order valence-electron chi connectivity index (χ2n) is 6.66. The topological polar surface area (TPSA) is 117 Å². The van der Waals surface area contributed by atoms with E-state index >= 15 is 0 Å². The van der Waals surface area contributed by atoms with Crippen molar-refractivity contribution < 1.29 is 18.9 Å². The number of carbonyl (C=O) groups is 2. The average Bonchev–Trinajstić information content (AvgIpc) is 3.17. The molecule has 0 unspecified atom stereocenters. The van der Waals surface area contributed by atoms with E-state index in [1.165, 1.54) is 25.1 Å². The van der Waals surface area contributed by atoms with E-state index in [9.17, 15) is 25.0 Å². The minimum Gasteiger partial charge on any atom is -0.456 e. The number of nitro groups is 1. The van der Waals surface area contributed by atoms with Crippen molar-refractivity contribution in [1.29, 1.82) is 5.26 Å². The fraction of sp³-hybridized carbons (Fsp3) is 0.136. The summed E-state index contributed by atoms with van der Waals surface area (Å²) < 4.78 is 5.73. The lowest BCUT2D eigenvalue weighted by Gasteiger charge is -2.26. The molecule has 1 aliphatic rings. The number of carbonyl (C=O) groups excluding carboxylic acids is 2.